The summed E-state index contributed by atoms with van der Waals surface area (Å²) < 4.78 is 1.30. The Morgan fingerprint density at radius 3 is 2.89 bits per heavy atom. The lowest BCUT2D eigenvalue weighted by Crippen LogP contribution is -2.23. The Labute approximate surface area is 125 Å². The fourth-order valence-electron chi connectivity index (χ4n) is 3.48. The fourth-order valence-corrected chi connectivity index (χ4v) is 4.11. The molecule has 0 N–H and O–H groups in total. The third kappa shape index (κ3) is 2.66. The molecule has 0 nitrogen and oxygen atoms in total. The van der Waals surface area contributed by atoms with Crippen LogP contribution in [0.15, 0.2) is 45.6 Å². The van der Waals surface area contributed by atoms with Gasteiger partial charge in [-0.3, -0.25) is 0 Å². The van der Waals surface area contributed by atoms with Crippen LogP contribution in [0.5, 0.6) is 0 Å². The van der Waals surface area contributed by atoms with E-state index in [1.165, 1.54) is 22.8 Å². The summed E-state index contributed by atoms with van der Waals surface area (Å²) in [5.74, 6) is 1.60. The monoisotopic (exact) mass is 354 g/mol. The maximum Gasteiger partial charge on any atom is 0.0129 e. The normalized spacial score (nSPS) is 33.2. The summed E-state index contributed by atoms with van der Waals surface area (Å²) in [6.07, 6.45) is 12.8. The van der Waals surface area contributed by atoms with Crippen molar-refractivity contribution in [1.29, 1.82) is 0 Å². The molecule has 2 atom stereocenters. The first-order valence-electron chi connectivity index (χ1n) is 6.81. The number of hydrogen-bond acceptors (Lipinski definition) is 0. The van der Waals surface area contributed by atoms with Crippen molar-refractivity contribution in [1.82, 2.24) is 0 Å². The first-order valence-corrected chi connectivity index (χ1v) is 7.89. The molecule has 0 aliphatic heterocycles. The molecule has 0 heterocycles. The van der Waals surface area contributed by atoms with Gasteiger partial charge in [0.15, 0.2) is 0 Å². The largest absolute Gasteiger partial charge is 0.0990 e. The highest BCUT2D eigenvalue weighted by Gasteiger charge is 2.44. The molecule has 98 valence electrons. The van der Waals surface area contributed by atoms with Crippen molar-refractivity contribution in [2.75, 3.05) is 0 Å². The Balaban J connectivity index is 2.32. The molecule has 0 amide bonds. The Bertz CT molecular complexity index is 435. The van der Waals surface area contributed by atoms with Crippen LogP contribution in [-0.4, -0.2) is 0 Å². The van der Waals surface area contributed by atoms with Crippen molar-refractivity contribution >= 4 is 22.6 Å². The molecule has 18 heavy (non-hydrogen) atoms. The van der Waals surface area contributed by atoms with E-state index in [0.29, 0.717) is 5.41 Å². The van der Waals surface area contributed by atoms with Crippen molar-refractivity contribution in [3.05, 3.63) is 45.6 Å². The highest BCUT2D eigenvalue weighted by atomic mass is 127. The predicted molar refractivity (Wildman–Crippen MR) is 88.8 cm³/mol. The smallest absolute Gasteiger partial charge is 0.0129 e. The van der Waals surface area contributed by atoms with E-state index in [9.17, 15) is 0 Å². The van der Waals surface area contributed by atoms with Gasteiger partial charge >= 0.3 is 0 Å². The van der Waals surface area contributed by atoms with E-state index < -0.39 is 0 Å². The minimum absolute atomic E-state index is 0.317. The molecule has 1 fully saturated rings. The number of halogens is 1. The fraction of sp³-hybridized carbons (Fsp3) is 0.529. The Hall–Kier alpha value is -0.310. The van der Waals surface area contributed by atoms with Crippen LogP contribution in [0.2, 0.25) is 0 Å². The molecule has 0 aromatic rings. The van der Waals surface area contributed by atoms with Crippen LogP contribution >= 0.6 is 22.6 Å². The van der Waals surface area contributed by atoms with E-state index in [4.69, 9.17) is 0 Å². The molecule has 2 rings (SSSR count). The molecular formula is C17H23I. The summed E-state index contributed by atoms with van der Waals surface area (Å²) in [6, 6.07) is 0. The van der Waals surface area contributed by atoms with Gasteiger partial charge in [0.05, 0.1) is 0 Å². The van der Waals surface area contributed by atoms with Crippen LogP contribution in [0.1, 0.15) is 40.0 Å². The second kappa shape index (κ2) is 5.36. The van der Waals surface area contributed by atoms with Crippen LogP contribution in [0.4, 0.5) is 0 Å². The van der Waals surface area contributed by atoms with Crippen molar-refractivity contribution < 1.29 is 0 Å². The number of hydrogen-bond donors (Lipinski definition) is 0. The molecule has 0 aromatic carbocycles. The first-order chi connectivity index (χ1) is 8.45. The molecule has 2 aliphatic carbocycles. The Morgan fingerprint density at radius 1 is 1.50 bits per heavy atom. The Kier molecular flexibility index (Phi) is 4.20. The number of rotatable bonds is 2. The summed E-state index contributed by atoms with van der Waals surface area (Å²) in [7, 11) is 0. The van der Waals surface area contributed by atoms with Crippen LogP contribution < -0.4 is 0 Å². The van der Waals surface area contributed by atoms with Crippen molar-refractivity contribution in [3.63, 3.8) is 0 Å². The molecule has 2 unspecified atom stereocenters. The minimum Gasteiger partial charge on any atom is -0.0990 e. The van der Waals surface area contributed by atoms with Crippen LogP contribution in [0.25, 0.3) is 0 Å². The third-order valence-corrected chi connectivity index (χ3v) is 5.28. The van der Waals surface area contributed by atoms with E-state index in [1.807, 2.05) is 6.08 Å². The summed E-state index contributed by atoms with van der Waals surface area (Å²) >= 11 is 2.40. The minimum atomic E-state index is 0.317. The zero-order chi connectivity index (χ0) is 13.3. The van der Waals surface area contributed by atoms with Gasteiger partial charge in [-0.05, 0) is 78.2 Å². The molecule has 0 saturated heterocycles. The van der Waals surface area contributed by atoms with Gasteiger partial charge in [0, 0.05) is 3.58 Å². The highest BCUT2D eigenvalue weighted by Crippen LogP contribution is 2.55. The molecule has 0 bridgehead atoms. The van der Waals surface area contributed by atoms with Gasteiger partial charge in [0.1, 0.15) is 0 Å². The van der Waals surface area contributed by atoms with Gasteiger partial charge in [0.25, 0.3) is 0 Å². The van der Waals surface area contributed by atoms with Crippen LogP contribution in [0.3, 0.4) is 0 Å². The predicted octanol–water partition coefficient (Wildman–Crippen LogP) is 5.82. The van der Waals surface area contributed by atoms with Crippen LogP contribution in [0, 0.1) is 17.3 Å². The molecule has 1 saturated carbocycles. The van der Waals surface area contributed by atoms with E-state index in [0.717, 1.165) is 11.8 Å². The molecule has 2 aliphatic rings. The zero-order valence-corrected chi connectivity index (χ0v) is 13.8. The second-order valence-corrected chi connectivity index (χ2v) is 7.47. The summed E-state index contributed by atoms with van der Waals surface area (Å²) in [5, 5.41) is 0. The van der Waals surface area contributed by atoms with Gasteiger partial charge in [-0.25, -0.2) is 0 Å². The lowest BCUT2D eigenvalue weighted by molar-refractivity contribution is 0.276. The van der Waals surface area contributed by atoms with Gasteiger partial charge in [-0.1, -0.05) is 43.7 Å². The third-order valence-electron chi connectivity index (χ3n) is 4.61. The summed E-state index contributed by atoms with van der Waals surface area (Å²) in [4.78, 5) is 0. The summed E-state index contributed by atoms with van der Waals surface area (Å²) in [6.45, 7) is 10.9. The second-order valence-electron chi connectivity index (χ2n) is 6.22. The van der Waals surface area contributed by atoms with E-state index >= 15 is 0 Å². The lowest BCUT2D eigenvalue weighted by atomic mass is 9.72. The van der Waals surface area contributed by atoms with E-state index in [-0.39, 0.29) is 0 Å². The number of fused-ring (bicyclic) bond motifs is 1. The molecule has 0 aromatic heterocycles. The van der Waals surface area contributed by atoms with Crippen molar-refractivity contribution in [3.8, 4) is 0 Å². The van der Waals surface area contributed by atoms with E-state index in [1.54, 1.807) is 11.1 Å². The van der Waals surface area contributed by atoms with Crippen molar-refractivity contribution in [2.45, 2.75) is 40.0 Å². The zero-order valence-electron chi connectivity index (χ0n) is 11.7. The lowest BCUT2D eigenvalue weighted by Gasteiger charge is -2.32. The standard InChI is InChI=1S/C17H23I/c1-5-6-15(18)11-14-10-13-8-7-12(2)9-16(13)17(14,3)4/h5-6,9,11,13,16H,1,7-8,10H2,2-4H3/b14-11+,15-6+. The number of allylic oxidation sites excluding steroid dienone is 7. The topological polar surface area (TPSA) is 0 Å². The van der Waals surface area contributed by atoms with Gasteiger partial charge in [-0.2, -0.15) is 0 Å². The van der Waals surface area contributed by atoms with Crippen molar-refractivity contribution in [2.24, 2.45) is 17.3 Å². The maximum atomic E-state index is 3.77. The van der Waals surface area contributed by atoms with E-state index in [2.05, 4.69) is 68.2 Å². The summed E-state index contributed by atoms with van der Waals surface area (Å²) in [5.41, 5.74) is 3.52. The van der Waals surface area contributed by atoms with Gasteiger partial charge in [-0.15, -0.1) is 0 Å². The molecule has 0 spiro atoms. The highest BCUT2D eigenvalue weighted by molar-refractivity contribution is 14.1. The first kappa shape index (κ1) is 14.1. The van der Waals surface area contributed by atoms with Crippen LogP contribution in [-0.2, 0) is 0 Å². The Morgan fingerprint density at radius 2 is 2.22 bits per heavy atom. The molecule has 1 heteroatoms. The quantitative estimate of drug-likeness (QED) is 0.333. The van der Waals surface area contributed by atoms with Gasteiger partial charge < -0.3 is 0 Å². The average Bonchev–Trinajstić information content (AvgIpc) is 2.52. The SMILES string of the molecule is C=C/C=C(I)\C=C1/CC2CCC(C)=CC2C1(C)C. The maximum absolute atomic E-state index is 3.77. The molecular weight excluding hydrogens is 331 g/mol. The average molecular weight is 354 g/mol. The van der Waals surface area contributed by atoms with Gasteiger partial charge in [0.2, 0.25) is 0 Å². The molecule has 0 radical (unpaired) electrons.